The van der Waals surface area contributed by atoms with Crippen LogP contribution in [0.5, 0.6) is 5.75 Å². The monoisotopic (exact) mass is 420 g/mol. The standard InChI is InChI=1S/C22H26ClFN2O3/c1-4-15(2)25-22(28)16(3)26(13-17-9-11-18(23)12-10-17)21(27)14-29-20-8-6-5-7-19(20)24/h5-12,15-16H,4,13-14H2,1-3H3,(H,25,28)/t15-,16+/m1/s1. The number of benzene rings is 2. The van der Waals surface area contributed by atoms with Crippen molar-refractivity contribution in [3.8, 4) is 5.75 Å². The van der Waals surface area contributed by atoms with E-state index in [1.54, 1.807) is 37.3 Å². The molecule has 0 aromatic heterocycles. The van der Waals surface area contributed by atoms with Gasteiger partial charge in [-0.05, 0) is 50.1 Å². The molecule has 0 spiro atoms. The van der Waals surface area contributed by atoms with Gasteiger partial charge in [0.15, 0.2) is 18.2 Å². The fraction of sp³-hybridized carbons (Fsp3) is 0.364. The molecular weight excluding hydrogens is 395 g/mol. The van der Waals surface area contributed by atoms with Crippen LogP contribution in [0.15, 0.2) is 48.5 Å². The summed E-state index contributed by atoms with van der Waals surface area (Å²) >= 11 is 5.93. The van der Waals surface area contributed by atoms with Gasteiger partial charge in [-0.2, -0.15) is 0 Å². The van der Waals surface area contributed by atoms with Crippen LogP contribution in [-0.2, 0) is 16.1 Å². The molecule has 2 atom stereocenters. The molecule has 7 heteroatoms. The van der Waals surface area contributed by atoms with Crippen molar-refractivity contribution in [1.29, 1.82) is 0 Å². The molecule has 2 aromatic rings. The Morgan fingerprint density at radius 1 is 1.14 bits per heavy atom. The fourth-order valence-electron chi connectivity index (χ4n) is 2.62. The van der Waals surface area contributed by atoms with E-state index < -0.39 is 17.8 Å². The molecule has 29 heavy (non-hydrogen) atoms. The summed E-state index contributed by atoms with van der Waals surface area (Å²) in [6.45, 7) is 5.35. The topological polar surface area (TPSA) is 58.6 Å². The second kappa shape index (κ2) is 10.8. The minimum atomic E-state index is -0.726. The van der Waals surface area contributed by atoms with Crippen LogP contribution in [0, 0.1) is 5.82 Å². The van der Waals surface area contributed by atoms with Gasteiger partial charge in [0.1, 0.15) is 6.04 Å². The first-order valence-corrected chi connectivity index (χ1v) is 9.91. The SMILES string of the molecule is CC[C@@H](C)NC(=O)[C@H](C)N(Cc1ccc(Cl)cc1)C(=O)COc1ccccc1F. The van der Waals surface area contributed by atoms with Gasteiger partial charge in [-0.3, -0.25) is 9.59 Å². The summed E-state index contributed by atoms with van der Waals surface area (Å²) in [6.07, 6.45) is 0.778. The Hall–Kier alpha value is -2.60. The van der Waals surface area contributed by atoms with E-state index in [-0.39, 0.29) is 30.9 Å². The molecule has 0 heterocycles. The Morgan fingerprint density at radius 2 is 1.79 bits per heavy atom. The third-order valence-electron chi connectivity index (χ3n) is 4.62. The third kappa shape index (κ3) is 6.75. The van der Waals surface area contributed by atoms with Gasteiger partial charge in [-0.1, -0.05) is 42.8 Å². The zero-order valence-corrected chi connectivity index (χ0v) is 17.6. The number of nitrogens with one attached hydrogen (secondary N) is 1. The van der Waals surface area contributed by atoms with Crippen LogP contribution >= 0.6 is 11.6 Å². The molecule has 0 fully saturated rings. The summed E-state index contributed by atoms with van der Waals surface area (Å²) in [4.78, 5) is 26.9. The third-order valence-corrected chi connectivity index (χ3v) is 4.87. The lowest BCUT2D eigenvalue weighted by Crippen LogP contribution is -2.50. The lowest BCUT2D eigenvalue weighted by atomic mass is 10.1. The van der Waals surface area contributed by atoms with Crippen molar-refractivity contribution >= 4 is 23.4 Å². The Bertz CT molecular complexity index is 829. The van der Waals surface area contributed by atoms with Gasteiger partial charge in [0.25, 0.3) is 5.91 Å². The van der Waals surface area contributed by atoms with Gasteiger partial charge in [0.05, 0.1) is 0 Å². The first-order chi connectivity index (χ1) is 13.8. The van der Waals surface area contributed by atoms with Gasteiger partial charge >= 0.3 is 0 Å². The normalized spacial score (nSPS) is 12.7. The minimum Gasteiger partial charge on any atom is -0.481 e. The molecular formula is C22H26ClFN2O3. The van der Waals surface area contributed by atoms with E-state index in [1.807, 2.05) is 13.8 Å². The highest BCUT2D eigenvalue weighted by Gasteiger charge is 2.27. The lowest BCUT2D eigenvalue weighted by molar-refractivity contribution is -0.142. The van der Waals surface area contributed by atoms with Gasteiger partial charge in [0, 0.05) is 17.6 Å². The average Bonchev–Trinajstić information content (AvgIpc) is 2.71. The predicted octanol–water partition coefficient (Wildman–Crippen LogP) is 4.19. The van der Waals surface area contributed by atoms with Gasteiger partial charge in [-0.15, -0.1) is 0 Å². The number of rotatable bonds is 9. The zero-order valence-electron chi connectivity index (χ0n) is 16.8. The Balaban J connectivity index is 2.15. The summed E-state index contributed by atoms with van der Waals surface area (Å²) in [5.74, 6) is -1.24. The number of nitrogens with zero attached hydrogens (tertiary/aromatic N) is 1. The van der Waals surface area contributed by atoms with E-state index in [9.17, 15) is 14.0 Å². The quantitative estimate of drug-likeness (QED) is 0.661. The smallest absolute Gasteiger partial charge is 0.261 e. The zero-order chi connectivity index (χ0) is 21.4. The molecule has 5 nitrogen and oxygen atoms in total. The molecule has 0 bridgehead atoms. The van der Waals surface area contributed by atoms with E-state index in [4.69, 9.17) is 16.3 Å². The van der Waals surface area contributed by atoms with Crippen LogP contribution in [0.3, 0.4) is 0 Å². The number of halogens is 2. The van der Waals surface area contributed by atoms with Crippen LogP contribution < -0.4 is 10.1 Å². The molecule has 2 aromatic carbocycles. The van der Waals surface area contributed by atoms with Crippen LogP contribution in [0.4, 0.5) is 4.39 Å². The summed E-state index contributed by atoms with van der Waals surface area (Å²) < 4.78 is 19.1. The fourth-order valence-corrected chi connectivity index (χ4v) is 2.74. The van der Waals surface area contributed by atoms with Crippen molar-refractivity contribution in [2.45, 2.75) is 45.8 Å². The summed E-state index contributed by atoms with van der Waals surface area (Å²) in [5.41, 5.74) is 0.817. The summed E-state index contributed by atoms with van der Waals surface area (Å²) in [7, 11) is 0. The number of carbonyl (C=O) groups excluding carboxylic acids is 2. The second-order valence-corrected chi connectivity index (χ2v) is 7.30. The first-order valence-electron chi connectivity index (χ1n) is 9.53. The van der Waals surface area contributed by atoms with E-state index in [2.05, 4.69) is 5.32 Å². The van der Waals surface area contributed by atoms with Gasteiger partial charge < -0.3 is 15.0 Å². The van der Waals surface area contributed by atoms with Crippen molar-refractivity contribution in [1.82, 2.24) is 10.2 Å². The highest BCUT2D eigenvalue weighted by atomic mass is 35.5. The van der Waals surface area contributed by atoms with Crippen molar-refractivity contribution in [3.05, 3.63) is 64.9 Å². The van der Waals surface area contributed by atoms with Crippen LogP contribution in [0.1, 0.15) is 32.8 Å². The lowest BCUT2D eigenvalue weighted by Gasteiger charge is -2.29. The average molecular weight is 421 g/mol. The number of para-hydroxylation sites is 1. The van der Waals surface area contributed by atoms with Gasteiger partial charge in [-0.25, -0.2) is 4.39 Å². The molecule has 0 radical (unpaired) electrons. The molecule has 0 aliphatic rings. The van der Waals surface area contributed by atoms with Crippen molar-refractivity contribution in [3.63, 3.8) is 0 Å². The highest BCUT2D eigenvalue weighted by molar-refractivity contribution is 6.30. The second-order valence-electron chi connectivity index (χ2n) is 6.86. The maximum atomic E-state index is 13.8. The van der Waals surface area contributed by atoms with E-state index >= 15 is 0 Å². The van der Waals surface area contributed by atoms with Crippen LogP contribution in [0.25, 0.3) is 0 Å². The largest absolute Gasteiger partial charge is 0.481 e. The van der Waals surface area contributed by atoms with E-state index in [0.29, 0.717) is 5.02 Å². The molecule has 2 amide bonds. The van der Waals surface area contributed by atoms with E-state index in [1.165, 1.54) is 23.1 Å². The summed E-state index contributed by atoms with van der Waals surface area (Å²) in [5, 5.41) is 3.47. The Morgan fingerprint density at radius 3 is 2.41 bits per heavy atom. The van der Waals surface area contributed by atoms with Crippen molar-refractivity contribution in [2.24, 2.45) is 0 Å². The molecule has 1 N–H and O–H groups in total. The maximum Gasteiger partial charge on any atom is 0.261 e. The first kappa shape index (κ1) is 22.7. The van der Waals surface area contributed by atoms with Gasteiger partial charge in [0.2, 0.25) is 5.91 Å². The molecule has 0 aliphatic heterocycles. The number of hydrogen-bond donors (Lipinski definition) is 1. The number of carbonyl (C=O) groups is 2. The van der Waals surface area contributed by atoms with Crippen molar-refractivity contribution in [2.75, 3.05) is 6.61 Å². The number of ether oxygens (including phenoxy) is 1. The Kier molecular flexibility index (Phi) is 8.46. The summed E-state index contributed by atoms with van der Waals surface area (Å²) in [6, 6.07) is 12.2. The molecule has 156 valence electrons. The maximum absolute atomic E-state index is 13.8. The number of hydrogen-bond acceptors (Lipinski definition) is 3. The molecule has 2 rings (SSSR count). The highest BCUT2D eigenvalue weighted by Crippen LogP contribution is 2.17. The molecule has 0 unspecified atom stereocenters. The van der Waals surface area contributed by atoms with Crippen LogP contribution in [-0.4, -0.2) is 35.4 Å². The number of amides is 2. The van der Waals surface area contributed by atoms with Crippen molar-refractivity contribution < 1.29 is 18.7 Å². The van der Waals surface area contributed by atoms with Crippen LogP contribution in [0.2, 0.25) is 5.02 Å². The molecule has 0 saturated heterocycles. The Labute approximate surface area is 175 Å². The predicted molar refractivity (Wildman–Crippen MR) is 111 cm³/mol. The molecule has 0 saturated carbocycles. The minimum absolute atomic E-state index is 0.00732. The molecule has 0 aliphatic carbocycles. The van der Waals surface area contributed by atoms with E-state index in [0.717, 1.165) is 12.0 Å².